The highest BCUT2D eigenvalue weighted by Crippen LogP contribution is 2.12. The maximum atomic E-state index is 11.6. The summed E-state index contributed by atoms with van der Waals surface area (Å²) in [4.78, 5) is 11.6. The minimum Gasteiger partial charge on any atom is -0.377 e. The van der Waals surface area contributed by atoms with Crippen molar-refractivity contribution in [3.63, 3.8) is 0 Å². The fourth-order valence-corrected chi connectivity index (χ4v) is 2.01. The highest BCUT2D eigenvalue weighted by Gasteiger charge is 2.21. The van der Waals surface area contributed by atoms with E-state index in [-0.39, 0.29) is 11.9 Å². The molecule has 2 atom stereocenters. The molecule has 1 amide bonds. The number of carbonyl (C=O) groups is 1. The number of likely N-dealkylation sites (N-methyl/N-ethyl adjacent to an activating group) is 1. The molecule has 1 aliphatic rings. The van der Waals surface area contributed by atoms with E-state index in [1.54, 1.807) is 7.05 Å². The Kier molecular flexibility index (Phi) is 5.77. The highest BCUT2D eigenvalue weighted by atomic mass is 16.5. The molecule has 0 saturated carbocycles. The smallest absolute Gasteiger partial charge is 0.236 e. The molecular formula is C12H24N2O2. The zero-order chi connectivity index (χ0) is 12.0. The Labute approximate surface area is 98.1 Å². The molecule has 1 saturated heterocycles. The van der Waals surface area contributed by atoms with Gasteiger partial charge in [0, 0.05) is 20.2 Å². The minimum absolute atomic E-state index is 0.0756. The van der Waals surface area contributed by atoms with E-state index in [1.807, 2.05) is 0 Å². The summed E-state index contributed by atoms with van der Waals surface area (Å²) in [6, 6.07) is -0.0887. The Morgan fingerprint density at radius 2 is 2.25 bits per heavy atom. The van der Waals surface area contributed by atoms with Crippen molar-refractivity contribution in [3.05, 3.63) is 0 Å². The molecule has 0 spiro atoms. The van der Waals surface area contributed by atoms with Gasteiger partial charge in [-0.15, -0.1) is 0 Å². The maximum absolute atomic E-state index is 11.6. The van der Waals surface area contributed by atoms with Crippen molar-refractivity contribution < 1.29 is 9.53 Å². The summed E-state index contributed by atoms with van der Waals surface area (Å²) in [5.41, 5.74) is 0. The maximum Gasteiger partial charge on any atom is 0.236 e. The van der Waals surface area contributed by atoms with Crippen LogP contribution in [0.1, 0.15) is 33.1 Å². The fraction of sp³-hybridized carbons (Fsp3) is 0.917. The summed E-state index contributed by atoms with van der Waals surface area (Å²) >= 11 is 0. The minimum atomic E-state index is -0.0887. The standard InChI is InChI=1S/C12H24N2O2/c1-9(2)7-11(12(15)13-3)14-8-10-5-4-6-16-10/h9-11,14H,4-8H2,1-3H3,(H,13,15). The summed E-state index contributed by atoms with van der Waals surface area (Å²) in [6.45, 7) is 5.90. The van der Waals surface area contributed by atoms with Gasteiger partial charge in [-0.1, -0.05) is 13.8 Å². The first-order chi connectivity index (χ1) is 7.63. The highest BCUT2D eigenvalue weighted by molar-refractivity contribution is 5.81. The molecule has 0 radical (unpaired) electrons. The Hall–Kier alpha value is -0.610. The van der Waals surface area contributed by atoms with E-state index in [1.165, 1.54) is 0 Å². The van der Waals surface area contributed by atoms with Crippen LogP contribution in [-0.4, -0.2) is 38.3 Å². The van der Waals surface area contributed by atoms with Gasteiger partial charge < -0.3 is 15.4 Å². The molecule has 1 rings (SSSR count). The van der Waals surface area contributed by atoms with Crippen molar-refractivity contribution in [3.8, 4) is 0 Å². The second-order valence-corrected chi connectivity index (χ2v) is 4.84. The Morgan fingerprint density at radius 3 is 2.75 bits per heavy atom. The molecule has 1 heterocycles. The van der Waals surface area contributed by atoms with Gasteiger partial charge in [-0.05, 0) is 25.2 Å². The van der Waals surface area contributed by atoms with Crippen LogP contribution < -0.4 is 10.6 Å². The summed E-state index contributed by atoms with van der Waals surface area (Å²) in [7, 11) is 1.68. The third-order valence-electron chi connectivity index (χ3n) is 2.89. The van der Waals surface area contributed by atoms with Gasteiger partial charge in [-0.2, -0.15) is 0 Å². The van der Waals surface area contributed by atoms with Crippen molar-refractivity contribution in [1.82, 2.24) is 10.6 Å². The summed E-state index contributed by atoms with van der Waals surface area (Å²) in [5.74, 6) is 0.589. The van der Waals surface area contributed by atoms with Crippen LogP contribution in [0.4, 0.5) is 0 Å². The predicted octanol–water partition coefficient (Wildman–Crippen LogP) is 0.916. The SMILES string of the molecule is CNC(=O)C(CC(C)C)NCC1CCCO1. The normalized spacial score (nSPS) is 22.4. The van der Waals surface area contributed by atoms with Crippen molar-refractivity contribution in [2.75, 3.05) is 20.2 Å². The van der Waals surface area contributed by atoms with Crippen LogP contribution in [0.3, 0.4) is 0 Å². The van der Waals surface area contributed by atoms with Crippen LogP contribution in [0.25, 0.3) is 0 Å². The first-order valence-corrected chi connectivity index (χ1v) is 6.20. The average Bonchev–Trinajstić information content (AvgIpc) is 2.75. The molecule has 0 aliphatic carbocycles. The first kappa shape index (κ1) is 13.5. The number of rotatable bonds is 6. The lowest BCUT2D eigenvalue weighted by atomic mass is 10.0. The lowest BCUT2D eigenvalue weighted by molar-refractivity contribution is -0.123. The molecule has 4 nitrogen and oxygen atoms in total. The van der Waals surface area contributed by atoms with Crippen LogP contribution in [0.5, 0.6) is 0 Å². The molecule has 94 valence electrons. The van der Waals surface area contributed by atoms with E-state index >= 15 is 0 Å². The van der Waals surface area contributed by atoms with Gasteiger partial charge in [0.25, 0.3) is 0 Å². The Bertz CT molecular complexity index is 213. The van der Waals surface area contributed by atoms with Gasteiger partial charge in [0.05, 0.1) is 12.1 Å². The third-order valence-corrected chi connectivity index (χ3v) is 2.89. The quantitative estimate of drug-likeness (QED) is 0.710. The van der Waals surface area contributed by atoms with Crippen molar-refractivity contribution in [2.24, 2.45) is 5.92 Å². The lowest BCUT2D eigenvalue weighted by Crippen LogP contribution is -2.46. The predicted molar refractivity (Wildman–Crippen MR) is 64.3 cm³/mol. The van der Waals surface area contributed by atoms with E-state index in [9.17, 15) is 4.79 Å². The van der Waals surface area contributed by atoms with Crippen molar-refractivity contribution in [1.29, 1.82) is 0 Å². The van der Waals surface area contributed by atoms with E-state index in [2.05, 4.69) is 24.5 Å². The molecule has 0 aromatic heterocycles. The molecule has 16 heavy (non-hydrogen) atoms. The zero-order valence-electron chi connectivity index (χ0n) is 10.6. The molecule has 1 aliphatic heterocycles. The number of hydrogen-bond acceptors (Lipinski definition) is 3. The fourth-order valence-electron chi connectivity index (χ4n) is 2.01. The number of carbonyl (C=O) groups excluding carboxylic acids is 1. The first-order valence-electron chi connectivity index (χ1n) is 6.20. The van der Waals surface area contributed by atoms with Gasteiger partial charge in [0.1, 0.15) is 0 Å². The second-order valence-electron chi connectivity index (χ2n) is 4.84. The van der Waals surface area contributed by atoms with E-state index in [0.29, 0.717) is 12.0 Å². The topological polar surface area (TPSA) is 50.4 Å². The number of hydrogen-bond donors (Lipinski definition) is 2. The van der Waals surface area contributed by atoms with Gasteiger partial charge in [-0.3, -0.25) is 4.79 Å². The molecule has 2 unspecified atom stereocenters. The molecule has 4 heteroatoms. The summed E-state index contributed by atoms with van der Waals surface area (Å²) in [6.07, 6.45) is 3.40. The van der Waals surface area contributed by atoms with Crippen LogP contribution >= 0.6 is 0 Å². The Morgan fingerprint density at radius 1 is 1.50 bits per heavy atom. The van der Waals surface area contributed by atoms with Crippen LogP contribution in [0.2, 0.25) is 0 Å². The Balaban J connectivity index is 2.33. The van der Waals surface area contributed by atoms with E-state index < -0.39 is 0 Å². The largest absolute Gasteiger partial charge is 0.377 e. The van der Waals surface area contributed by atoms with Gasteiger partial charge in [-0.25, -0.2) is 0 Å². The molecule has 1 fully saturated rings. The van der Waals surface area contributed by atoms with Crippen LogP contribution in [0, 0.1) is 5.92 Å². The number of nitrogens with one attached hydrogen (secondary N) is 2. The molecule has 0 aromatic rings. The van der Waals surface area contributed by atoms with E-state index in [4.69, 9.17) is 4.74 Å². The summed E-state index contributed by atoms with van der Waals surface area (Å²) < 4.78 is 5.53. The van der Waals surface area contributed by atoms with Crippen LogP contribution in [0.15, 0.2) is 0 Å². The van der Waals surface area contributed by atoms with Crippen LogP contribution in [-0.2, 0) is 9.53 Å². The van der Waals surface area contributed by atoms with Gasteiger partial charge in [0.15, 0.2) is 0 Å². The molecular weight excluding hydrogens is 204 g/mol. The van der Waals surface area contributed by atoms with Crippen molar-refractivity contribution in [2.45, 2.75) is 45.3 Å². The lowest BCUT2D eigenvalue weighted by Gasteiger charge is -2.21. The molecule has 2 N–H and O–H groups in total. The zero-order valence-corrected chi connectivity index (χ0v) is 10.6. The molecule has 0 bridgehead atoms. The van der Waals surface area contributed by atoms with Gasteiger partial charge in [0.2, 0.25) is 5.91 Å². The number of amides is 1. The van der Waals surface area contributed by atoms with Gasteiger partial charge >= 0.3 is 0 Å². The van der Waals surface area contributed by atoms with Crippen molar-refractivity contribution >= 4 is 5.91 Å². The van der Waals surface area contributed by atoms with E-state index in [0.717, 1.165) is 32.4 Å². The average molecular weight is 228 g/mol. The third kappa shape index (κ3) is 4.49. The molecule has 0 aromatic carbocycles. The summed E-state index contributed by atoms with van der Waals surface area (Å²) in [5, 5.41) is 6.01. The second kappa shape index (κ2) is 6.86. The number of ether oxygens (including phenoxy) is 1. The monoisotopic (exact) mass is 228 g/mol.